The quantitative estimate of drug-likeness (QED) is 0.763. The summed E-state index contributed by atoms with van der Waals surface area (Å²) in [6.07, 6.45) is 0. The van der Waals surface area contributed by atoms with Crippen LogP contribution in [0.1, 0.15) is 5.56 Å². The van der Waals surface area contributed by atoms with Crippen molar-refractivity contribution in [3.63, 3.8) is 0 Å². The Kier molecular flexibility index (Phi) is 3.98. The second-order valence-electron chi connectivity index (χ2n) is 4.75. The number of ether oxygens (including phenoxy) is 1. The second-order valence-corrected chi connectivity index (χ2v) is 5.16. The van der Waals surface area contributed by atoms with Crippen molar-refractivity contribution in [2.75, 3.05) is 5.73 Å². The van der Waals surface area contributed by atoms with E-state index >= 15 is 0 Å². The fourth-order valence-electron chi connectivity index (χ4n) is 2.07. The fourth-order valence-corrected chi connectivity index (χ4v) is 2.33. The van der Waals surface area contributed by atoms with Gasteiger partial charge in [0.15, 0.2) is 11.6 Å². The zero-order valence-corrected chi connectivity index (χ0v) is 12.3. The predicted molar refractivity (Wildman–Crippen MR) is 84.2 cm³/mol. The molecule has 0 spiro atoms. The average molecular weight is 318 g/mol. The first-order valence-electron chi connectivity index (χ1n) is 6.60. The first-order valence-corrected chi connectivity index (χ1v) is 6.98. The molecule has 0 fully saturated rings. The number of hydrogen-bond donors (Lipinski definition) is 2. The van der Waals surface area contributed by atoms with Crippen LogP contribution in [0, 0.1) is 5.82 Å². The van der Waals surface area contributed by atoms with Gasteiger partial charge in [0, 0.05) is 11.6 Å². The van der Waals surface area contributed by atoms with Crippen LogP contribution in [0.15, 0.2) is 48.5 Å². The number of rotatable bonds is 4. The van der Waals surface area contributed by atoms with Crippen LogP contribution < -0.4 is 10.5 Å². The number of aromatic amines is 1. The summed E-state index contributed by atoms with van der Waals surface area (Å²) in [7, 11) is 0. The van der Waals surface area contributed by atoms with Gasteiger partial charge < -0.3 is 10.5 Å². The van der Waals surface area contributed by atoms with Crippen molar-refractivity contribution in [1.29, 1.82) is 0 Å². The molecule has 0 atom stereocenters. The van der Waals surface area contributed by atoms with E-state index in [0.717, 1.165) is 5.56 Å². The number of hydrogen-bond acceptors (Lipinski definition) is 3. The minimum atomic E-state index is -0.536. The summed E-state index contributed by atoms with van der Waals surface area (Å²) >= 11 is 6.13. The number of nitrogens with one attached hydrogen (secondary N) is 1. The van der Waals surface area contributed by atoms with Crippen molar-refractivity contribution >= 4 is 17.4 Å². The minimum Gasteiger partial charge on any atom is -0.484 e. The zero-order chi connectivity index (χ0) is 15.5. The summed E-state index contributed by atoms with van der Waals surface area (Å²) in [6, 6.07) is 14.0. The Labute approximate surface area is 131 Å². The van der Waals surface area contributed by atoms with Gasteiger partial charge in [0.2, 0.25) is 0 Å². The average Bonchev–Trinajstić information content (AvgIpc) is 2.94. The van der Waals surface area contributed by atoms with Crippen molar-refractivity contribution < 1.29 is 9.13 Å². The molecule has 0 aliphatic heterocycles. The molecule has 0 saturated carbocycles. The summed E-state index contributed by atoms with van der Waals surface area (Å²) in [5, 5.41) is 6.71. The van der Waals surface area contributed by atoms with Gasteiger partial charge in [0.05, 0.1) is 10.7 Å². The lowest BCUT2D eigenvalue weighted by Gasteiger charge is -2.10. The molecular formula is C16H13ClFN3O. The van der Waals surface area contributed by atoms with Crippen LogP contribution in [-0.4, -0.2) is 10.2 Å². The van der Waals surface area contributed by atoms with E-state index in [9.17, 15) is 4.39 Å². The van der Waals surface area contributed by atoms with Crippen LogP contribution >= 0.6 is 11.6 Å². The second kappa shape index (κ2) is 6.07. The topological polar surface area (TPSA) is 63.9 Å². The molecule has 0 amide bonds. The third-order valence-electron chi connectivity index (χ3n) is 3.13. The van der Waals surface area contributed by atoms with Crippen molar-refractivity contribution in [3.8, 4) is 17.0 Å². The molecule has 2 aromatic carbocycles. The third-order valence-corrected chi connectivity index (χ3v) is 3.41. The number of benzene rings is 2. The summed E-state index contributed by atoms with van der Waals surface area (Å²) in [4.78, 5) is 0. The first kappa shape index (κ1) is 14.4. The number of aromatic nitrogens is 2. The largest absolute Gasteiger partial charge is 0.484 e. The van der Waals surface area contributed by atoms with Crippen LogP contribution in [0.4, 0.5) is 10.2 Å². The highest BCUT2D eigenvalue weighted by atomic mass is 35.5. The van der Waals surface area contributed by atoms with Gasteiger partial charge >= 0.3 is 0 Å². The molecule has 0 saturated heterocycles. The fraction of sp³-hybridized carbons (Fsp3) is 0.0625. The molecule has 0 aliphatic carbocycles. The lowest BCUT2D eigenvalue weighted by molar-refractivity contribution is 0.290. The normalized spacial score (nSPS) is 10.6. The maximum atomic E-state index is 14.2. The summed E-state index contributed by atoms with van der Waals surface area (Å²) in [5.74, 6) is -0.177. The summed E-state index contributed by atoms with van der Waals surface area (Å²) < 4.78 is 19.7. The maximum absolute atomic E-state index is 14.2. The summed E-state index contributed by atoms with van der Waals surface area (Å²) in [6.45, 7) is 0.244. The van der Waals surface area contributed by atoms with Crippen molar-refractivity contribution in [1.82, 2.24) is 10.2 Å². The standard InChI is InChI=1S/C16H13ClFN3O/c17-12-6-11(14-8-15(19)21-20-14)7-13(18)16(12)22-9-10-4-2-1-3-5-10/h1-8H,9H2,(H3,19,20,21). The predicted octanol–water partition coefficient (Wildman–Crippen LogP) is 4.03. The molecular weight excluding hydrogens is 305 g/mol. The molecule has 112 valence electrons. The van der Waals surface area contributed by atoms with E-state index in [2.05, 4.69) is 10.2 Å². The zero-order valence-electron chi connectivity index (χ0n) is 11.5. The molecule has 0 unspecified atom stereocenters. The smallest absolute Gasteiger partial charge is 0.174 e. The Hall–Kier alpha value is -2.53. The minimum absolute atomic E-state index is 0.0294. The van der Waals surface area contributed by atoms with Crippen LogP contribution in [0.25, 0.3) is 11.3 Å². The molecule has 6 heteroatoms. The monoisotopic (exact) mass is 317 g/mol. The maximum Gasteiger partial charge on any atom is 0.174 e. The molecule has 0 bridgehead atoms. The SMILES string of the molecule is Nc1cc(-c2cc(F)c(OCc3ccccc3)c(Cl)c2)[nH]n1. The van der Waals surface area contributed by atoms with Gasteiger partial charge in [-0.2, -0.15) is 5.10 Å². The lowest BCUT2D eigenvalue weighted by atomic mass is 10.1. The van der Waals surface area contributed by atoms with E-state index in [1.165, 1.54) is 6.07 Å². The van der Waals surface area contributed by atoms with Crippen LogP contribution in [-0.2, 0) is 6.61 Å². The van der Waals surface area contributed by atoms with E-state index in [1.54, 1.807) is 12.1 Å². The van der Waals surface area contributed by atoms with E-state index in [4.69, 9.17) is 22.1 Å². The third kappa shape index (κ3) is 3.04. The van der Waals surface area contributed by atoms with Gasteiger partial charge in [0.1, 0.15) is 12.4 Å². The van der Waals surface area contributed by atoms with E-state index in [0.29, 0.717) is 17.1 Å². The highest BCUT2D eigenvalue weighted by molar-refractivity contribution is 6.32. The molecule has 4 nitrogen and oxygen atoms in total. The van der Waals surface area contributed by atoms with Gasteiger partial charge in [-0.05, 0) is 17.7 Å². The first-order chi connectivity index (χ1) is 10.6. The Balaban J connectivity index is 1.84. The Morgan fingerprint density at radius 1 is 1.18 bits per heavy atom. The molecule has 3 rings (SSSR count). The summed E-state index contributed by atoms with van der Waals surface area (Å²) in [5.41, 5.74) is 7.62. The number of nitrogen functional groups attached to an aromatic ring is 1. The lowest BCUT2D eigenvalue weighted by Crippen LogP contribution is -1.98. The van der Waals surface area contributed by atoms with Crippen LogP contribution in [0.3, 0.4) is 0 Å². The van der Waals surface area contributed by atoms with Gasteiger partial charge in [-0.15, -0.1) is 0 Å². The molecule has 3 aromatic rings. The molecule has 22 heavy (non-hydrogen) atoms. The number of nitrogens with two attached hydrogens (primary N) is 1. The van der Waals surface area contributed by atoms with Crippen LogP contribution in [0.5, 0.6) is 5.75 Å². The number of anilines is 1. The number of nitrogens with zero attached hydrogens (tertiary/aromatic N) is 1. The highest BCUT2D eigenvalue weighted by Gasteiger charge is 2.13. The molecule has 0 radical (unpaired) electrons. The number of H-pyrrole nitrogens is 1. The molecule has 1 heterocycles. The molecule has 1 aromatic heterocycles. The van der Waals surface area contributed by atoms with Gasteiger partial charge in [-0.1, -0.05) is 41.9 Å². The van der Waals surface area contributed by atoms with E-state index in [-0.39, 0.29) is 17.4 Å². The highest BCUT2D eigenvalue weighted by Crippen LogP contribution is 2.33. The van der Waals surface area contributed by atoms with Crippen LogP contribution in [0.2, 0.25) is 5.02 Å². The van der Waals surface area contributed by atoms with Gasteiger partial charge in [0.25, 0.3) is 0 Å². The van der Waals surface area contributed by atoms with Crippen molar-refractivity contribution in [2.24, 2.45) is 0 Å². The Morgan fingerprint density at radius 2 is 1.95 bits per heavy atom. The number of halogens is 2. The van der Waals surface area contributed by atoms with Crippen molar-refractivity contribution in [2.45, 2.75) is 6.61 Å². The van der Waals surface area contributed by atoms with Gasteiger partial charge in [-0.25, -0.2) is 4.39 Å². The Bertz CT molecular complexity index is 766. The molecule has 0 aliphatic rings. The van der Waals surface area contributed by atoms with E-state index < -0.39 is 5.82 Å². The Morgan fingerprint density at radius 3 is 2.59 bits per heavy atom. The van der Waals surface area contributed by atoms with Gasteiger partial charge in [-0.3, -0.25) is 5.10 Å². The van der Waals surface area contributed by atoms with Crippen molar-refractivity contribution in [3.05, 3.63) is 64.9 Å². The van der Waals surface area contributed by atoms with E-state index in [1.807, 2.05) is 30.3 Å². The molecule has 3 N–H and O–H groups in total.